The zero-order valence-corrected chi connectivity index (χ0v) is 15.5. The third-order valence-corrected chi connectivity index (χ3v) is 5.93. The molecule has 2 aromatic rings. The van der Waals surface area contributed by atoms with Gasteiger partial charge in [-0.2, -0.15) is 0 Å². The number of benzene rings is 1. The molecular formula is C17H23ClN4O2S. The van der Waals surface area contributed by atoms with E-state index in [0.717, 1.165) is 31.2 Å². The second-order valence-electron chi connectivity index (χ2n) is 6.12. The first-order valence-electron chi connectivity index (χ1n) is 8.20. The van der Waals surface area contributed by atoms with Crippen LogP contribution in [0, 0.1) is 5.92 Å². The van der Waals surface area contributed by atoms with Crippen LogP contribution < -0.4 is 10.5 Å². The predicted octanol–water partition coefficient (Wildman–Crippen LogP) is 2.36. The van der Waals surface area contributed by atoms with Gasteiger partial charge in [0.25, 0.3) is 0 Å². The van der Waals surface area contributed by atoms with Crippen LogP contribution >= 0.6 is 12.4 Å². The van der Waals surface area contributed by atoms with Crippen LogP contribution in [0.3, 0.4) is 0 Å². The number of halogens is 1. The van der Waals surface area contributed by atoms with Crippen LogP contribution in [0.15, 0.2) is 47.6 Å². The Morgan fingerprint density at radius 1 is 1.08 bits per heavy atom. The van der Waals surface area contributed by atoms with Gasteiger partial charge >= 0.3 is 0 Å². The Bertz CT molecular complexity index is 769. The molecule has 1 heterocycles. The topological polar surface area (TPSA) is 98.0 Å². The molecule has 0 amide bonds. The lowest BCUT2D eigenvalue weighted by Gasteiger charge is -2.30. The quantitative estimate of drug-likeness (QED) is 0.827. The van der Waals surface area contributed by atoms with Crippen molar-refractivity contribution < 1.29 is 8.42 Å². The van der Waals surface area contributed by atoms with Gasteiger partial charge in [-0.3, -0.25) is 0 Å². The summed E-state index contributed by atoms with van der Waals surface area (Å²) in [6, 6.07) is 9.35. The van der Waals surface area contributed by atoms with Crippen molar-refractivity contribution in [3.8, 4) is 11.4 Å². The van der Waals surface area contributed by atoms with E-state index in [1.54, 1.807) is 0 Å². The van der Waals surface area contributed by atoms with E-state index >= 15 is 0 Å². The molecule has 6 nitrogen and oxygen atoms in total. The fourth-order valence-corrected chi connectivity index (χ4v) is 4.33. The second kappa shape index (κ2) is 8.71. The fourth-order valence-electron chi connectivity index (χ4n) is 3.10. The number of nitrogens with zero attached hydrogens (tertiary/aromatic N) is 2. The van der Waals surface area contributed by atoms with Crippen LogP contribution in [0.4, 0.5) is 0 Å². The molecule has 2 atom stereocenters. The molecule has 1 aliphatic rings. The number of nitrogens with one attached hydrogen (secondary N) is 1. The average Bonchev–Trinajstić information content (AvgIpc) is 2.63. The van der Waals surface area contributed by atoms with Crippen molar-refractivity contribution in [3.05, 3.63) is 42.7 Å². The monoisotopic (exact) mass is 382 g/mol. The zero-order valence-electron chi connectivity index (χ0n) is 13.8. The van der Waals surface area contributed by atoms with E-state index < -0.39 is 10.0 Å². The molecule has 3 rings (SSSR count). The molecule has 136 valence electrons. The molecule has 1 aromatic heterocycles. The van der Waals surface area contributed by atoms with E-state index in [1.807, 2.05) is 30.3 Å². The first-order chi connectivity index (χ1) is 11.6. The number of hydrogen-bond acceptors (Lipinski definition) is 5. The van der Waals surface area contributed by atoms with E-state index in [0.29, 0.717) is 12.4 Å². The van der Waals surface area contributed by atoms with Gasteiger partial charge in [0.15, 0.2) is 5.82 Å². The minimum atomic E-state index is -3.63. The Kier molecular flexibility index (Phi) is 6.89. The van der Waals surface area contributed by atoms with Crippen LogP contribution in [-0.4, -0.2) is 31.0 Å². The maximum atomic E-state index is 12.6. The molecule has 2 unspecified atom stereocenters. The average molecular weight is 383 g/mol. The summed E-state index contributed by atoms with van der Waals surface area (Å²) in [6.45, 7) is 0.497. The summed E-state index contributed by atoms with van der Waals surface area (Å²) < 4.78 is 27.9. The van der Waals surface area contributed by atoms with Crippen LogP contribution in [0.2, 0.25) is 0 Å². The van der Waals surface area contributed by atoms with Crippen LogP contribution in [0.25, 0.3) is 11.4 Å². The van der Waals surface area contributed by atoms with Crippen molar-refractivity contribution in [1.82, 2.24) is 14.7 Å². The molecule has 8 heteroatoms. The highest BCUT2D eigenvalue weighted by molar-refractivity contribution is 7.89. The molecule has 1 aromatic carbocycles. The Balaban J connectivity index is 0.00000225. The summed E-state index contributed by atoms with van der Waals surface area (Å²) in [6.07, 6.45) is 6.63. The maximum Gasteiger partial charge on any atom is 0.243 e. The van der Waals surface area contributed by atoms with E-state index in [4.69, 9.17) is 5.73 Å². The lowest BCUT2D eigenvalue weighted by Crippen LogP contribution is -2.44. The molecule has 0 aliphatic heterocycles. The van der Waals surface area contributed by atoms with Gasteiger partial charge in [-0.15, -0.1) is 12.4 Å². The Hall–Kier alpha value is -1.54. The highest BCUT2D eigenvalue weighted by Crippen LogP contribution is 2.25. The van der Waals surface area contributed by atoms with E-state index in [-0.39, 0.29) is 29.3 Å². The smallest absolute Gasteiger partial charge is 0.243 e. The second-order valence-corrected chi connectivity index (χ2v) is 7.83. The van der Waals surface area contributed by atoms with E-state index in [9.17, 15) is 8.42 Å². The van der Waals surface area contributed by atoms with Gasteiger partial charge in [-0.25, -0.2) is 23.1 Å². The molecule has 1 aliphatic carbocycles. The minimum Gasteiger partial charge on any atom is -0.330 e. The Morgan fingerprint density at radius 3 is 2.36 bits per heavy atom. The van der Waals surface area contributed by atoms with Crippen molar-refractivity contribution in [2.45, 2.75) is 36.6 Å². The molecule has 0 radical (unpaired) electrons. The minimum absolute atomic E-state index is 0. The standard InChI is InChI=1S/C17H22N4O2S.ClH/c18-10-14-8-4-5-9-16(14)21-24(22,23)15-11-19-17(20-12-15)13-6-2-1-3-7-13;/h1-3,6-7,11-12,14,16,21H,4-5,8-10,18H2;1H. The molecule has 1 saturated carbocycles. The van der Waals surface area contributed by atoms with Gasteiger partial charge in [-0.1, -0.05) is 43.2 Å². The van der Waals surface area contributed by atoms with Crippen molar-refractivity contribution in [2.24, 2.45) is 11.7 Å². The van der Waals surface area contributed by atoms with E-state index in [1.165, 1.54) is 12.4 Å². The van der Waals surface area contributed by atoms with E-state index in [2.05, 4.69) is 14.7 Å². The third kappa shape index (κ3) is 4.76. The van der Waals surface area contributed by atoms with Gasteiger partial charge in [0, 0.05) is 11.6 Å². The summed E-state index contributed by atoms with van der Waals surface area (Å²) >= 11 is 0. The SMILES string of the molecule is Cl.NCC1CCCCC1NS(=O)(=O)c1cnc(-c2ccccc2)nc1. The number of aromatic nitrogens is 2. The van der Waals surface area contributed by atoms with Crippen molar-refractivity contribution in [1.29, 1.82) is 0 Å². The summed E-state index contributed by atoms with van der Waals surface area (Å²) in [7, 11) is -3.63. The molecule has 1 fully saturated rings. The van der Waals surface area contributed by atoms with Gasteiger partial charge in [0.05, 0.1) is 12.4 Å². The molecule has 0 spiro atoms. The zero-order chi connectivity index (χ0) is 17.0. The largest absolute Gasteiger partial charge is 0.330 e. The fraction of sp³-hybridized carbons (Fsp3) is 0.412. The molecule has 0 saturated heterocycles. The number of hydrogen-bond donors (Lipinski definition) is 2. The van der Waals surface area contributed by atoms with Crippen LogP contribution in [0.1, 0.15) is 25.7 Å². The van der Waals surface area contributed by atoms with Crippen molar-refractivity contribution in [2.75, 3.05) is 6.54 Å². The summed E-state index contributed by atoms with van der Waals surface area (Å²) in [5.41, 5.74) is 6.63. The lowest BCUT2D eigenvalue weighted by atomic mass is 9.85. The molecule has 25 heavy (non-hydrogen) atoms. The van der Waals surface area contributed by atoms with Crippen molar-refractivity contribution in [3.63, 3.8) is 0 Å². The molecule has 3 N–H and O–H groups in total. The first-order valence-corrected chi connectivity index (χ1v) is 9.68. The molecule has 0 bridgehead atoms. The Labute approximate surface area is 154 Å². The van der Waals surface area contributed by atoms with Gasteiger partial charge in [0.1, 0.15) is 4.90 Å². The third-order valence-electron chi connectivity index (χ3n) is 4.49. The lowest BCUT2D eigenvalue weighted by molar-refractivity contribution is 0.296. The summed E-state index contributed by atoms with van der Waals surface area (Å²) in [5.74, 6) is 0.699. The van der Waals surface area contributed by atoms with Gasteiger partial charge in [0.2, 0.25) is 10.0 Å². The summed E-state index contributed by atoms with van der Waals surface area (Å²) in [4.78, 5) is 8.47. The summed E-state index contributed by atoms with van der Waals surface area (Å²) in [5, 5.41) is 0. The van der Waals surface area contributed by atoms with Crippen molar-refractivity contribution >= 4 is 22.4 Å². The van der Waals surface area contributed by atoms with Gasteiger partial charge in [-0.05, 0) is 25.3 Å². The highest BCUT2D eigenvalue weighted by Gasteiger charge is 2.29. The molecular weight excluding hydrogens is 360 g/mol. The van der Waals surface area contributed by atoms with Crippen LogP contribution in [0.5, 0.6) is 0 Å². The number of rotatable bonds is 5. The Morgan fingerprint density at radius 2 is 1.72 bits per heavy atom. The van der Waals surface area contributed by atoms with Gasteiger partial charge < -0.3 is 5.73 Å². The highest BCUT2D eigenvalue weighted by atomic mass is 35.5. The normalized spacial score (nSPS) is 20.7. The maximum absolute atomic E-state index is 12.6. The number of nitrogens with two attached hydrogens (primary N) is 1. The van der Waals surface area contributed by atoms with Crippen LogP contribution in [-0.2, 0) is 10.0 Å². The first kappa shape index (κ1) is 19.8. The predicted molar refractivity (Wildman–Crippen MR) is 99.8 cm³/mol. The number of sulfonamides is 1.